The van der Waals surface area contributed by atoms with Gasteiger partial charge in [0.05, 0.1) is 5.39 Å². The number of hydrogen-bond donors (Lipinski definition) is 0. The summed E-state index contributed by atoms with van der Waals surface area (Å²) in [6.45, 7) is 0. The van der Waals surface area contributed by atoms with E-state index >= 15 is 0 Å². The molecule has 9 aromatic carbocycles. The van der Waals surface area contributed by atoms with E-state index in [1.165, 1.54) is 54.6 Å². The molecule has 0 radical (unpaired) electrons. The Kier molecular flexibility index (Phi) is 5.70. The fourth-order valence-corrected chi connectivity index (χ4v) is 8.23. The van der Waals surface area contributed by atoms with Crippen LogP contribution in [0.5, 0.6) is 0 Å². The molecular weight excluding hydrogens is 609 g/mol. The van der Waals surface area contributed by atoms with Crippen molar-refractivity contribution in [2.45, 2.75) is 0 Å². The van der Waals surface area contributed by atoms with Gasteiger partial charge in [-0.2, -0.15) is 0 Å². The molecular formula is C48H28O2. The average molecular weight is 637 g/mol. The van der Waals surface area contributed by atoms with Crippen LogP contribution in [-0.4, -0.2) is 0 Å². The van der Waals surface area contributed by atoms with Gasteiger partial charge in [-0.25, -0.2) is 0 Å². The fraction of sp³-hybridized carbons (Fsp3) is 0. The summed E-state index contributed by atoms with van der Waals surface area (Å²) in [6.07, 6.45) is 0. The van der Waals surface area contributed by atoms with Crippen LogP contribution in [-0.2, 0) is 0 Å². The van der Waals surface area contributed by atoms with Gasteiger partial charge in [0.2, 0.25) is 0 Å². The summed E-state index contributed by atoms with van der Waals surface area (Å²) in [5, 5.41) is 11.8. The molecule has 0 atom stereocenters. The molecule has 0 saturated carbocycles. The third kappa shape index (κ3) is 3.90. The zero-order valence-electron chi connectivity index (χ0n) is 27.0. The largest absolute Gasteiger partial charge is 0.456 e. The molecule has 2 heterocycles. The van der Waals surface area contributed by atoms with E-state index in [1.807, 2.05) is 0 Å². The number of rotatable bonds is 3. The number of furan rings is 2. The summed E-state index contributed by atoms with van der Waals surface area (Å²) in [5.74, 6) is 0. The molecule has 0 aliphatic heterocycles. The second-order valence-corrected chi connectivity index (χ2v) is 13.2. The summed E-state index contributed by atoms with van der Waals surface area (Å²) in [5.41, 5.74) is 10.7. The first kappa shape index (κ1) is 27.3. The van der Waals surface area contributed by atoms with Crippen LogP contribution in [0, 0.1) is 0 Å². The Balaban J connectivity index is 1.08. The van der Waals surface area contributed by atoms with Gasteiger partial charge in [0.15, 0.2) is 0 Å². The van der Waals surface area contributed by atoms with Gasteiger partial charge in [-0.05, 0) is 96.0 Å². The minimum atomic E-state index is 0.834. The van der Waals surface area contributed by atoms with E-state index in [1.54, 1.807) is 0 Å². The maximum absolute atomic E-state index is 6.60. The highest BCUT2D eigenvalue weighted by Gasteiger charge is 2.19. The van der Waals surface area contributed by atoms with Crippen LogP contribution in [0.1, 0.15) is 0 Å². The molecule has 0 aliphatic carbocycles. The average Bonchev–Trinajstić information content (AvgIpc) is 3.75. The maximum atomic E-state index is 6.60. The third-order valence-electron chi connectivity index (χ3n) is 10.5. The second-order valence-electron chi connectivity index (χ2n) is 13.2. The Hall–Kier alpha value is -6.64. The Morgan fingerprint density at radius 3 is 1.50 bits per heavy atom. The predicted octanol–water partition coefficient (Wildman–Crippen LogP) is 13.9. The van der Waals surface area contributed by atoms with E-state index in [4.69, 9.17) is 8.83 Å². The molecule has 0 amide bonds. The van der Waals surface area contributed by atoms with E-state index < -0.39 is 0 Å². The van der Waals surface area contributed by atoms with E-state index in [0.29, 0.717) is 0 Å². The predicted molar refractivity (Wildman–Crippen MR) is 210 cm³/mol. The normalized spacial score (nSPS) is 12.0. The minimum absolute atomic E-state index is 0.834. The monoisotopic (exact) mass is 636 g/mol. The molecule has 0 aliphatic rings. The molecule has 2 aromatic heterocycles. The molecule has 50 heavy (non-hydrogen) atoms. The standard InChI is InChI=1S/C48H28O2/c1-2-11-31(12-3-1)44-35-14-6-8-16-37(35)45(38-17-9-7-15-36(38)44)32-20-18-29(19-21-32)33-23-25-41-40(28-33)47-43(49-41)27-24-39-46-34-13-5-4-10-30(34)22-26-42(46)50-48(39)47/h1-28H. The van der Waals surface area contributed by atoms with Gasteiger partial charge in [-0.1, -0.05) is 140 Å². The number of hydrogen-bond acceptors (Lipinski definition) is 2. The summed E-state index contributed by atoms with van der Waals surface area (Å²) >= 11 is 0. The third-order valence-corrected chi connectivity index (χ3v) is 10.5. The first-order valence-electron chi connectivity index (χ1n) is 17.1. The van der Waals surface area contributed by atoms with Gasteiger partial charge in [0, 0.05) is 16.2 Å². The maximum Gasteiger partial charge on any atom is 0.147 e. The van der Waals surface area contributed by atoms with Crippen molar-refractivity contribution in [3.63, 3.8) is 0 Å². The molecule has 0 N–H and O–H groups in total. The molecule has 2 heteroatoms. The van der Waals surface area contributed by atoms with Crippen molar-refractivity contribution >= 4 is 76.2 Å². The van der Waals surface area contributed by atoms with Crippen molar-refractivity contribution in [2.75, 3.05) is 0 Å². The molecule has 0 fully saturated rings. The van der Waals surface area contributed by atoms with Crippen molar-refractivity contribution in [3.8, 4) is 33.4 Å². The molecule has 0 spiro atoms. The highest BCUT2D eigenvalue weighted by molar-refractivity contribution is 6.27. The van der Waals surface area contributed by atoms with Crippen molar-refractivity contribution in [1.82, 2.24) is 0 Å². The fourth-order valence-electron chi connectivity index (χ4n) is 8.23. The Labute approximate surface area is 287 Å². The van der Waals surface area contributed by atoms with Crippen LogP contribution in [0.3, 0.4) is 0 Å². The first-order valence-corrected chi connectivity index (χ1v) is 17.1. The van der Waals surface area contributed by atoms with Gasteiger partial charge >= 0.3 is 0 Å². The van der Waals surface area contributed by atoms with Crippen molar-refractivity contribution in [1.29, 1.82) is 0 Å². The molecule has 2 nitrogen and oxygen atoms in total. The van der Waals surface area contributed by atoms with Crippen molar-refractivity contribution in [3.05, 3.63) is 170 Å². The molecule has 11 rings (SSSR count). The summed E-state index contributed by atoms with van der Waals surface area (Å²) in [6, 6.07) is 60.8. The molecule has 232 valence electrons. The minimum Gasteiger partial charge on any atom is -0.456 e. The van der Waals surface area contributed by atoms with Crippen LogP contribution >= 0.6 is 0 Å². The SMILES string of the molecule is c1ccc(-c2c3ccccc3c(-c3ccc(-c4ccc5oc6ccc7c(oc8ccc9ccccc9c87)c6c5c4)cc3)c3ccccc23)cc1. The van der Waals surface area contributed by atoms with E-state index in [9.17, 15) is 0 Å². The lowest BCUT2D eigenvalue weighted by atomic mass is 9.86. The quantitative estimate of drug-likeness (QED) is 0.180. The zero-order valence-corrected chi connectivity index (χ0v) is 27.0. The second kappa shape index (κ2) is 10.4. The lowest BCUT2D eigenvalue weighted by Crippen LogP contribution is -1.90. The van der Waals surface area contributed by atoms with Gasteiger partial charge in [0.1, 0.15) is 22.3 Å². The van der Waals surface area contributed by atoms with Crippen LogP contribution in [0.4, 0.5) is 0 Å². The van der Waals surface area contributed by atoms with Crippen LogP contribution in [0.25, 0.3) is 110 Å². The van der Waals surface area contributed by atoms with Crippen LogP contribution in [0.15, 0.2) is 179 Å². The van der Waals surface area contributed by atoms with Crippen LogP contribution in [0.2, 0.25) is 0 Å². The van der Waals surface area contributed by atoms with Crippen molar-refractivity contribution in [2.24, 2.45) is 0 Å². The molecule has 11 aromatic rings. The van der Waals surface area contributed by atoms with Gasteiger partial charge < -0.3 is 8.83 Å². The molecule has 0 unspecified atom stereocenters. The van der Waals surface area contributed by atoms with Crippen LogP contribution < -0.4 is 0 Å². The Morgan fingerprint density at radius 1 is 0.280 bits per heavy atom. The first-order chi connectivity index (χ1) is 24.8. The molecule has 0 saturated heterocycles. The number of benzene rings is 9. The van der Waals surface area contributed by atoms with Gasteiger partial charge in [0.25, 0.3) is 0 Å². The van der Waals surface area contributed by atoms with Gasteiger partial charge in [-0.3, -0.25) is 0 Å². The highest BCUT2D eigenvalue weighted by Crippen LogP contribution is 2.45. The molecule has 0 bridgehead atoms. The van der Waals surface area contributed by atoms with Gasteiger partial charge in [-0.15, -0.1) is 0 Å². The lowest BCUT2D eigenvalue weighted by molar-refractivity contribution is 0.663. The topological polar surface area (TPSA) is 26.3 Å². The lowest BCUT2D eigenvalue weighted by Gasteiger charge is -2.18. The smallest absolute Gasteiger partial charge is 0.147 e. The number of fused-ring (bicyclic) bond motifs is 11. The summed E-state index contributed by atoms with van der Waals surface area (Å²) in [4.78, 5) is 0. The summed E-state index contributed by atoms with van der Waals surface area (Å²) < 4.78 is 13.0. The van der Waals surface area contributed by atoms with E-state index in [0.717, 1.165) is 55.0 Å². The van der Waals surface area contributed by atoms with E-state index in [2.05, 4.69) is 170 Å². The zero-order chi connectivity index (χ0) is 32.8. The Bertz CT molecular complexity index is 3070. The van der Waals surface area contributed by atoms with Crippen molar-refractivity contribution < 1.29 is 8.83 Å². The summed E-state index contributed by atoms with van der Waals surface area (Å²) in [7, 11) is 0. The Morgan fingerprint density at radius 2 is 0.800 bits per heavy atom. The highest BCUT2D eigenvalue weighted by atomic mass is 16.3. The van der Waals surface area contributed by atoms with E-state index in [-0.39, 0.29) is 0 Å².